The molecule has 1 rings (SSSR count). The van der Waals surface area contributed by atoms with Crippen molar-refractivity contribution >= 4 is 17.4 Å². The van der Waals surface area contributed by atoms with E-state index < -0.39 is 0 Å². The molecule has 0 saturated carbocycles. The molecule has 0 aliphatic heterocycles. The lowest BCUT2D eigenvalue weighted by Crippen LogP contribution is -2.28. The molecule has 0 unspecified atom stereocenters. The van der Waals surface area contributed by atoms with Crippen LogP contribution in [0.1, 0.15) is 26.3 Å². The summed E-state index contributed by atoms with van der Waals surface area (Å²) in [6, 6.07) is 7.66. The highest BCUT2D eigenvalue weighted by molar-refractivity contribution is 6.30. The third-order valence-electron chi connectivity index (χ3n) is 2.09. The largest absolute Gasteiger partial charge is 0.387 e. The maximum Gasteiger partial charge on any atom is 0.0995 e. The van der Waals surface area contributed by atoms with Crippen LogP contribution in [0.3, 0.4) is 0 Å². The summed E-state index contributed by atoms with van der Waals surface area (Å²) < 4.78 is 0. The molecule has 1 aromatic carbocycles. The zero-order valence-corrected chi connectivity index (χ0v) is 10.2. The second-order valence-electron chi connectivity index (χ2n) is 4.58. The van der Waals surface area contributed by atoms with Crippen LogP contribution in [0, 0.1) is 5.41 Å². The Bertz CT molecular complexity index is 364. The fraction of sp³-hybridized carbons (Fsp3) is 0.417. The van der Waals surface area contributed by atoms with E-state index >= 15 is 0 Å². The van der Waals surface area contributed by atoms with E-state index in [0.29, 0.717) is 12.4 Å². The minimum Gasteiger partial charge on any atom is -0.387 e. The second-order valence-corrected chi connectivity index (χ2v) is 5.02. The summed E-state index contributed by atoms with van der Waals surface area (Å²) in [5, 5.41) is 0.733. The van der Waals surface area contributed by atoms with Gasteiger partial charge in [-0.3, -0.25) is 4.99 Å². The molecule has 2 nitrogen and oxygen atoms in total. The molecular formula is C12H17ClN2. The van der Waals surface area contributed by atoms with Crippen molar-refractivity contribution in [3.8, 4) is 0 Å². The molecule has 0 bridgehead atoms. The Hall–Kier alpha value is -1.02. The van der Waals surface area contributed by atoms with E-state index in [1.165, 1.54) is 0 Å². The second kappa shape index (κ2) is 4.67. The van der Waals surface area contributed by atoms with Gasteiger partial charge in [0.1, 0.15) is 0 Å². The zero-order valence-electron chi connectivity index (χ0n) is 9.42. The maximum absolute atomic E-state index is 5.87. The molecule has 0 saturated heterocycles. The summed E-state index contributed by atoms with van der Waals surface area (Å²) in [5.74, 6) is 0.669. The van der Waals surface area contributed by atoms with E-state index in [2.05, 4.69) is 4.99 Å². The minimum atomic E-state index is -0.0709. The van der Waals surface area contributed by atoms with Crippen molar-refractivity contribution in [3.63, 3.8) is 0 Å². The highest BCUT2D eigenvalue weighted by Crippen LogP contribution is 2.15. The highest BCUT2D eigenvalue weighted by atomic mass is 35.5. The van der Waals surface area contributed by atoms with Gasteiger partial charge in [-0.15, -0.1) is 0 Å². The normalized spacial score (nSPS) is 12.9. The predicted molar refractivity (Wildman–Crippen MR) is 66.2 cm³/mol. The van der Waals surface area contributed by atoms with Crippen LogP contribution in [0.5, 0.6) is 0 Å². The van der Waals surface area contributed by atoms with Crippen molar-refractivity contribution in [2.45, 2.75) is 27.3 Å². The number of hydrogen-bond donors (Lipinski definition) is 1. The number of rotatable bonds is 2. The predicted octanol–water partition coefficient (Wildman–Crippen LogP) is 3.24. The van der Waals surface area contributed by atoms with Crippen LogP contribution < -0.4 is 5.73 Å². The number of aliphatic imine (C=N–C) groups is 1. The van der Waals surface area contributed by atoms with E-state index in [4.69, 9.17) is 17.3 Å². The quantitative estimate of drug-likeness (QED) is 0.608. The Balaban J connectivity index is 2.72. The molecule has 0 aliphatic rings. The van der Waals surface area contributed by atoms with Crippen molar-refractivity contribution < 1.29 is 0 Å². The van der Waals surface area contributed by atoms with Gasteiger partial charge in [-0.25, -0.2) is 0 Å². The average Bonchev–Trinajstić information content (AvgIpc) is 2.12. The third-order valence-corrected chi connectivity index (χ3v) is 2.32. The first kappa shape index (κ1) is 12.1. The molecular weight excluding hydrogens is 208 g/mol. The number of nitrogens with two attached hydrogens (primary N) is 1. The Kier molecular flexibility index (Phi) is 3.75. The first-order valence-electron chi connectivity index (χ1n) is 4.94. The molecule has 2 N–H and O–H groups in total. The van der Waals surface area contributed by atoms with E-state index in [1.807, 2.05) is 45.0 Å². The lowest BCUT2D eigenvalue weighted by atomic mass is 9.95. The van der Waals surface area contributed by atoms with Gasteiger partial charge in [0.25, 0.3) is 0 Å². The monoisotopic (exact) mass is 224 g/mol. The van der Waals surface area contributed by atoms with Crippen molar-refractivity contribution in [1.82, 2.24) is 0 Å². The molecule has 0 spiro atoms. The number of halogens is 1. The molecule has 82 valence electrons. The minimum absolute atomic E-state index is 0.0709. The van der Waals surface area contributed by atoms with Gasteiger partial charge in [-0.2, -0.15) is 0 Å². The summed E-state index contributed by atoms with van der Waals surface area (Å²) in [5.41, 5.74) is 6.86. The Morgan fingerprint density at radius 1 is 1.40 bits per heavy atom. The fourth-order valence-corrected chi connectivity index (χ4v) is 1.26. The molecule has 0 radical (unpaired) electrons. The average molecular weight is 225 g/mol. The van der Waals surface area contributed by atoms with Crippen molar-refractivity contribution in [2.75, 3.05) is 0 Å². The van der Waals surface area contributed by atoms with Crippen molar-refractivity contribution in [1.29, 1.82) is 0 Å². The van der Waals surface area contributed by atoms with Crippen molar-refractivity contribution in [2.24, 2.45) is 16.1 Å². The van der Waals surface area contributed by atoms with Gasteiger partial charge in [-0.05, 0) is 17.7 Å². The lowest BCUT2D eigenvalue weighted by Gasteiger charge is -2.17. The van der Waals surface area contributed by atoms with E-state index in [1.54, 1.807) is 0 Å². The van der Waals surface area contributed by atoms with Gasteiger partial charge in [0.15, 0.2) is 0 Å². The SMILES string of the molecule is CC(C)(C)C(N)=NCc1cccc(Cl)c1. The highest BCUT2D eigenvalue weighted by Gasteiger charge is 2.14. The zero-order chi connectivity index (χ0) is 11.5. The standard InChI is InChI=1S/C12H17ClN2/c1-12(2,3)11(14)15-8-9-5-4-6-10(13)7-9/h4-7H,8H2,1-3H3,(H2,14,15). The molecule has 0 heterocycles. The number of nitrogens with zero attached hydrogens (tertiary/aromatic N) is 1. The summed E-state index contributed by atoms with van der Waals surface area (Å²) >= 11 is 5.87. The molecule has 0 atom stereocenters. The van der Waals surface area contributed by atoms with Gasteiger partial charge in [0.2, 0.25) is 0 Å². The Morgan fingerprint density at radius 3 is 2.60 bits per heavy atom. The van der Waals surface area contributed by atoms with Gasteiger partial charge >= 0.3 is 0 Å². The molecule has 1 aromatic rings. The van der Waals surface area contributed by atoms with Crippen LogP contribution >= 0.6 is 11.6 Å². The Morgan fingerprint density at radius 2 is 2.07 bits per heavy atom. The molecule has 15 heavy (non-hydrogen) atoms. The molecule has 0 aliphatic carbocycles. The maximum atomic E-state index is 5.87. The molecule has 3 heteroatoms. The van der Waals surface area contributed by atoms with Crippen LogP contribution in [-0.2, 0) is 6.54 Å². The summed E-state index contributed by atoms with van der Waals surface area (Å²) in [7, 11) is 0. The van der Waals surface area contributed by atoms with Crippen molar-refractivity contribution in [3.05, 3.63) is 34.9 Å². The topological polar surface area (TPSA) is 38.4 Å². The van der Waals surface area contributed by atoms with Crippen LogP contribution in [-0.4, -0.2) is 5.84 Å². The first-order valence-corrected chi connectivity index (χ1v) is 5.32. The van der Waals surface area contributed by atoms with E-state index in [0.717, 1.165) is 10.6 Å². The smallest absolute Gasteiger partial charge is 0.0995 e. The summed E-state index contributed by atoms with van der Waals surface area (Å²) in [6.45, 7) is 6.72. The van der Waals surface area contributed by atoms with E-state index in [-0.39, 0.29) is 5.41 Å². The van der Waals surface area contributed by atoms with Gasteiger partial charge in [0, 0.05) is 10.4 Å². The third kappa shape index (κ3) is 3.92. The number of amidine groups is 1. The molecule has 0 amide bonds. The Labute approximate surface area is 96.2 Å². The number of hydrogen-bond acceptors (Lipinski definition) is 1. The first-order chi connectivity index (χ1) is 6.89. The summed E-state index contributed by atoms with van der Waals surface area (Å²) in [4.78, 5) is 4.34. The van der Waals surface area contributed by atoms with Crippen LogP contribution in [0.2, 0.25) is 5.02 Å². The summed E-state index contributed by atoms with van der Waals surface area (Å²) in [6.07, 6.45) is 0. The fourth-order valence-electron chi connectivity index (χ4n) is 1.05. The van der Waals surface area contributed by atoms with E-state index in [9.17, 15) is 0 Å². The van der Waals surface area contributed by atoms with Crippen LogP contribution in [0.15, 0.2) is 29.3 Å². The lowest BCUT2D eigenvalue weighted by molar-refractivity contribution is 0.581. The molecule has 0 fully saturated rings. The van der Waals surface area contributed by atoms with Crippen LogP contribution in [0.4, 0.5) is 0 Å². The van der Waals surface area contributed by atoms with Gasteiger partial charge in [-0.1, -0.05) is 44.5 Å². The number of benzene rings is 1. The molecule has 0 aromatic heterocycles. The van der Waals surface area contributed by atoms with Gasteiger partial charge in [0.05, 0.1) is 12.4 Å². The van der Waals surface area contributed by atoms with Gasteiger partial charge < -0.3 is 5.73 Å². The van der Waals surface area contributed by atoms with Crippen LogP contribution in [0.25, 0.3) is 0 Å².